The topological polar surface area (TPSA) is 192 Å². The normalized spacial score (nSPS) is 19.8. The lowest BCUT2D eigenvalue weighted by Crippen LogP contribution is -2.70. The first-order valence-corrected chi connectivity index (χ1v) is 13.2. The molecule has 0 aliphatic carbocycles. The zero-order valence-electron chi connectivity index (χ0n) is 21.3. The summed E-state index contributed by atoms with van der Waals surface area (Å²) >= 11 is 2.38. The van der Waals surface area contributed by atoms with Gasteiger partial charge in [0.1, 0.15) is 29.9 Å². The molecule has 3 atom stereocenters. The van der Waals surface area contributed by atoms with Crippen LogP contribution in [0.2, 0.25) is 0 Å². The van der Waals surface area contributed by atoms with Crippen LogP contribution >= 0.6 is 23.1 Å². The van der Waals surface area contributed by atoms with E-state index in [1.54, 1.807) is 20.8 Å². The fourth-order valence-corrected chi connectivity index (χ4v) is 5.01. The molecule has 0 bridgehead atoms. The van der Waals surface area contributed by atoms with E-state index in [1.807, 2.05) is 0 Å². The number of fused-ring (bicyclic) bond motifs is 1. The van der Waals surface area contributed by atoms with Gasteiger partial charge in [-0.2, -0.15) is 0 Å². The Balaban J connectivity index is 1.62. The Bertz CT molecular complexity index is 1190. The van der Waals surface area contributed by atoms with Crippen LogP contribution in [0.5, 0.6) is 0 Å². The molecule has 2 aliphatic rings. The highest BCUT2D eigenvalue weighted by Crippen LogP contribution is 2.38. The number of esters is 2. The van der Waals surface area contributed by atoms with Gasteiger partial charge >= 0.3 is 11.9 Å². The van der Waals surface area contributed by atoms with Gasteiger partial charge in [0.15, 0.2) is 10.8 Å². The Labute approximate surface area is 226 Å². The van der Waals surface area contributed by atoms with Crippen LogP contribution in [-0.4, -0.2) is 82.4 Å². The average Bonchev–Trinajstić information content (AvgIpc) is 3.31. The van der Waals surface area contributed by atoms with E-state index in [9.17, 15) is 24.0 Å². The molecule has 3 rings (SSSR count). The quantitative estimate of drug-likeness (QED) is 0.121. The Kier molecular flexibility index (Phi) is 9.11. The summed E-state index contributed by atoms with van der Waals surface area (Å²) in [5.41, 5.74) is 4.67. The maximum absolute atomic E-state index is 13.0. The number of carbonyl (C=O) groups excluding carboxylic acids is 5. The van der Waals surface area contributed by atoms with Crippen molar-refractivity contribution in [3.8, 4) is 0 Å². The zero-order valence-corrected chi connectivity index (χ0v) is 22.9. The SMILES string of the molecule is CO/N=C(\C(=O)NC1C(=O)N2C(C(=O)OCOC(=O)C(C)(C)C)=CCSC12)c1csc(NC(=O)[C@@H](C)N)n1. The molecular formula is C22H28N6O8S2. The minimum atomic E-state index is -0.958. The number of β-lactam (4-membered cyclic amide) rings is 1. The van der Waals surface area contributed by atoms with E-state index in [2.05, 4.69) is 20.8 Å². The molecule has 3 amide bonds. The number of thiazole rings is 1. The molecule has 4 N–H and O–H groups in total. The van der Waals surface area contributed by atoms with Crippen LogP contribution in [0.4, 0.5) is 5.13 Å². The Morgan fingerprint density at radius 3 is 2.63 bits per heavy atom. The number of amides is 3. The number of anilines is 1. The third kappa shape index (κ3) is 6.49. The molecule has 2 unspecified atom stereocenters. The van der Waals surface area contributed by atoms with Gasteiger partial charge in [0.25, 0.3) is 11.8 Å². The second kappa shape index (κ2) is 11.9. The van der Waals surface area contributed by atoms with E-state index in [4.69, 9.17) is 20.0 Å². The lowest BCUT2D eigenvalue weighted by atomic mass is 9.98. The summed E-state index contributed by atoms with van der Waals surface area (Å²) in [6, 6.07) is -1.71. The van der Waals surface area contributed by atoms with E-state index in [-0.39, 0.29) is 22.2 Å². The van der Waals surface area contributed by atoms with Crippen molar-refractivity contribution in [1.29, 1.82) is 0 Å². The van der Waals surface area contributed by atoms with E-state index in [0.29, 0.717) is 5.75 Å². The largest absolute Gasteiger partial charge is 0.427 e. The molecule has 1 fully saturated rings. The van der Waals surface area contributed by atoms with Crippen LogP contribution in [0, 0.1) is 5.41 Å². The number of hydrogen-bond acceptors (Lipinski definition) is 13. The predicted molar refractivity (Wildman–Crippen MR) is 138 cm³/mol. The fraction of sp³-hybridized carbons (Fsp3) is 0.500. The maximum atomic E-state index is 13.0. The summed E-state index contributed by atoms with van der Waals surface area (Å²) in [6.45, 7) is 5.90. The smallest absolute Gasteiger partial charge is 0.357 e. The molecule has 16 heteroatoms. The molecular weight excluding hydrogens is 540 g/mol. The van der Waals surface area contributed by atoms with Gasteiger partial charge in [-0.05, 0) is 33.8 Å². The van der Waals surface area contributed by atoms with E-state index >= 15 is 0 Å². The van der Waals surface area contributed by atoms with Gasteiger partial charge in [-0.15, -0.1) is 23.1 Å². The Morgan fingerprint density at radius 1 is 1.29 bits per heavy atom. The van der Waals surface area contributed by atoms with Crippen LogP contribution in [0.3, 0.4) is 0 Å². The number of rotatable bonds is 9. The molecule has 14 nitrogen and oxygen atoms in total. The van der Waals surface area contributed by atoms with Crippen LogP contribution in [0.1, 0.15) is 33.4 Å². The van der Waals surface area contributed by atoms with E-state index in [0.717, 1.165) is 11.3 Å². The zero-order chi connectivity index (χ0) is 28.2. The second-order valence-corrected chi connectivity index (χ2v) is 11.2. The number of nitrogens with one attached hydrogen (secondary N) is 2. The molecule has 1 aromatic rings. The second-order valence-electron chi connectivity index (χ2n) is 9.14. The van der Waals surface area contributed by atoms with E-state index in [1.165, 1.54) is 42.2 Å². The van der Waals surface area contributed by atoms with Crippen LogP contribution < -0.4 is 16.4 Å². The standard InChI is InChI=1S/C22H28N6O8S2/c1-10(23)15(29)26-21-24-11(8-38-21)13(27-34-5)16(30)25-14-17(31)28-12(6-7-37-18(14)28)19(32)35-9-36-20(33)22(2,3)4/h6,8,10,14,18H,7,9,23H2,1-5H3,(H,25,30)(H,24,26,29)/b27-13-/t10-,14?,18?/m1/s1. The summed E-state index contributed by atoms with van der Waals surface area (Å²) in [7, 11) is 1.24. The van der Waals surface area contributed by atoms with Gasteiger partial charge in [-0.25, -0.2) is 9.78 Å². The molecule has 0 saturated carbocycles. The third-order valence-electron chi connectivity index (χ3n) is 5.12. The van der Waals surface area contributed by atoms with Gasteiger partial charge in [-0.1, -0.05) is 5.16 Å². The molecule has 0 aromatic carbocycles. The molecule has 0 spiro atoms. The number of nitrogens with zero attached hydrogens (tertiary/aromatic N) is 3. The van der Waals surface area contributed by atoms with Crippen LogP contribution in [0.25, 0.3) is 0 Å². The highest BCUT2D eigenvalue weighted by Gasteiger charge is 2.53. The minimum Gasteiger partial charge on any atom is -0.427 e. The Hall–Kier alpha value is -3.50. The van der Waals surface area contributed by atoms with Gasteiger partial charge in [0.2, 0.25) is 12.7 Å². The van der Waals surface area contributed by atoms with Crippen molar-refractivity contribution in [1.82, 2.24) is 15.2 Å². The average molecular weight is 569 g/mol. The van der Waals surface area contributed by atoms with Crippen molar-refractivity contribution >= 4 is 63.6 Å². The molecule has 38 heavy (non-hydrogen) atoms. The summed E-state index contributed by atoms with van der Waals surface area (Å²) in [5, 5.41) is 9.96. The lowest BCUT2D eigenvalue weighted by molar-refractivity contribution is -0.173. The number of aromatic nitrogens is 1. The highest BCUT2D eigenvalue weighted by molar-refractivity contribution is 8.00. The number of nitrogens with two attached hydrogens (primary N) is 1. The van der Waals surface area contributed by atoms with Gasteiger partial charge in [0, 0.05) is 11.1 Å². The first-order valence-electron chi connectivity index (χ1n) is 11.3. The van der Waals surface area contributed by atoms with E-state index < -0.39 is 59.3 Å². The van der Waals surface area contributed by atoms with Crippen LogP contribution in [0.15, 0.2) is 22.3 Å². The first kappa shape index (κ1) is 29.1. The summed E-state index contributed by atoms with van der Waals surface area (Å²) < 4.78 is 9.96. The van der Waals surface area contributed by atoms with Crippen molar-refractivity contribution < 1.29 is 38.3 Å². The van der Waals surface area contributed by atoms with Gasteiger partial charge in [0.05, 0.1) is 11.5 Å². The third-order valence-corrected chi connectivity index (χ3v) is 7.06. The minimum absolute atomic E-state index is 0.00384. The van der Waals surface area contributed by atoms with Gasteiger partial charge in [-0.3, -0.25) is 24.1 Å². The van der Waals surface area contributed by atoms with Crippen molar-refractivity contribution in [2.45, 2.75) is 45.2 Å². The Morgan fingerprint density at radius 2 is 2.00 bits per heavy atom. The number of thioether (sulfide) groups is 1. The van der Waals surface area contributed by atoms with Gasteiger partial charge < -0.3 is 30.7 Å². The lowest BCUT2D eigenvalue weighted by Gasteiger charge is -2.48. The number of oxime groups is 1. The van der Waals surface area contributed by atoms with Crippen molar-refractivity contribution in [2.75, 3.05) is 25.0 Å². The highest BCUT2D eigenvalue weighted by atomic mass is 32.2. The number of hydrogen-bond donors (Lipinski definition) is 3. The van der Waals surface area contributed by atoms with Crippen molar-refractivity contribution in [2.24, 2.45) is 16.3 Å². The molecule has 2 aliphatic heterocycles. The first-order chi connectivity index (χ1) is 17.8. The maximum Gasteiger partial charge on any atom is 0.357 e. The van der Waals surface area contributed by atoms with Crippen LogP contribution in [-0.2, 0) is 38.3 Å². The van der Waals surface area contributed by atoms with Crippen molar-refractivity contribution in [3.05, 3.63) is 22.8 Å². The molecule has 1 aromatic heterocycles. The summed E-state index contributed by atoms with van der Waals surface area (Å²) in [5.74, 6) is -2.73. The monoisotopic (exact) mass is 568 g/mol. The summed E-state index contributed by atoms with van der Waals surface area (Å²) in [4.78, 5) is 72.2. The predicted octanol–water partition coefficient (Wildman–Crippen LogP) is 0.153. The molecule has 3 heterocycles. The molecule has 0 radical (unpaired) electrons. The van der Waals surface area contributed by atoms with Crippen molar-refractivity contribution in [3.63, 3.8) is 0 Å². The molecule has 1 saturated heterocycles. The molecule has 206 valence electrons. The number of carbonyl (C=O) groups is 5. The fourth-order valence-electron chi connectivity index (χ4n) is 3.12. The number of ether oxygens (including phenoxy) is 2. The summed E-state index contributed by atoms with van der Waals surface area (Å²) in [6.07, 6.45) is 1.52.